The van der Waals surface area contributed by atoms with Gasteiger partial charge in [-0.1, -0.05) is 0 Å². The van der Waals surface area contributed by atoms with Crippen LogP contribution in [0.25, 0.3) is 0 Å². The molecule has 0 aromatic heterocycles. The number of nitrogens with zero attached hydrogens (tertiary/aromatic N) is 1. The summed E-state index contributed by atoms with van der Waals surface area (Å²) in [6.07, 6.45) is 2.92. The van der Waals surface area contributed by atoms with Gasteiger partial charge in [0.05, 0.1) is 0 Å². The van der Waals surface area contributed by atoms with Crippen LogP contribution in [0.2, 0.25) is 0 Å². The van der Waals surface area contributed by atoms with Gasteiger partial charge in [0, 0.05) is 12.1 Å². The topological polar surface area (TPSA) is 15.3 Å². The zero-order valence-electron chi connectivity index (χ0n) is 7.09. The molecule has 3 aliphatic rings. The third-order valence-corrected chi connectivity index (χ3v) is 3.64. The molecule has 0 aromatic rings. The number of hydrogen-bond donors (Lipinski definition) is 1. The van der Waals surface area contributed by atoms with E-state index in [1.54, 1.807) is 0 Å². The molecule has 0 radical (unpaired) electrons. The minimum Gasteiger partial charge on any atom is -0.316 e. The van der Waals surface area contributed by atoms with E-state index in [9.17, 15) is 0 Å². The summed E-state index contributed by atoms with van der Waals surface area (Å²) in [7, 11) is 2.32. The molecule has 1 saturated heterocycles. The molecule has 0 spiro atoms. The Morgan fingerprint density at radius 2 is 1.82 bits per heavy atom. The summed E-state index contributed by atoms with van der Waals surface area (Å²) >= 11 is 0. The molecule has 1 N–H and O–H groups in total. The molecule has 1 heterocycles. The van der Waals surface area contributed by atoms with Crippen molar-refractivity contribution in [2.24, 2.45) is 11.8 Å². The Hall–Kier alpha value is -0.0800. The van der Waals surface area contributed by atoms with Crippen molar-refractivity contribution < 1.29 is 0 Å². The standard InChI is InChI=1S/C9H16N2/c1-11(6-2-3-6)9-7-4-10-5-8(7)9/h6-10H,2-5H2,1H3. The molecule has 2 nitrogen and oxygen atoms in total. The van der Waals surface area contributed by atoms with E-state index in [1.807, 2.05) is 0 Å². The van der Waals surface area contributed by atoms with Crippen LogP contribution in [0.5, 0.6) is 0 Å². The van der Waals surface area contributed by atoms with Crippen LogP contribution in [0, 0.1) is 11.8 Å². The summed E-state index contributed by atoms with van der Waals surface area (Å²) in [4.78, 5) is 2.64. The fourth-order valence-electron chi connectivity index (χ4n) is 2.71. The van der Waals surface area contributed by atoms with Crippen LogP contribution in [0.1, 0.15) is 12.8 Å². The number of fused-ring (bicyclic) bond motifs is 1. The highest BCUT2D eigenvalue weighted by Gasteiger charge is 2.56. The van der Waals surface area contributed by atoms with E-state index in [0.717, 1.165) is 23.9 Å². The van der Waals surface area contributed by atoms with Gasteiger partial charge in [0.1, 0.15) is 0 Å². The SMILES string of the molecule is CN(C1CC1)C1C2CNCC21. The Morgan fingerprint density at radius 3 is 2.36 bits per heavy atom. The van der Waals surface area contributed by atoms with E-state index >= 15 is 0 Å². The Labute approximate surface area is 68.0 Å². The summed E-state index contributed by atoms with van der Waals surface area (Å²) in [6.45, 7) is 2.57. The van der Waals surface area contributed by atoms with Gasteiger partial charge in [-0.15, -0.1) is 0 Å². The van der Waals surface area contributed by atoms with Gasteiger partial charge >= 0.3 is 0 Å². The van der Waals surface area contributed by atoms with Gasteiger partial charge in [0.2, 0.25) is 0 Å². The van der Waals surface area contributed by atoms with E-state index in [1.165, 1.54) is 25.9 Å². The summed E-state index contributed by atoms with van der Waals surface area (Å²) in [5.41, 5.74) is 0. The van der Waals surface area contributed by atoms with Crippen LogP contribution in [-0.2, 0) is 0 Å². The third kappa shape index (κ3) is 0.859. The van der Waals surface area contributed by atoms with Crippen molar-refractivity contribution in [2.45, 2.75) is 24.9 Å². The van der Waals surface area contributed by atoms with Gasteiger partial charge in [-0.25, -0.2) is 0 Å². The van der Waals surface area contributed by atoms with Gasteiger partial charge in [0.25, 0.3) is 0 Å². The second kappa shape index (κ2) is 1.99. The van der Waals surface area contributed by atoms with Crippen molar-refractivity contribution >= 4 is 0 Å². The van der Waals surface area contributed by atoms with Gasteiger partial charge in [0.15, 0.2) is 0 Å². The van der Waals surface area contributed by atoms with Crippen LogP contribution in [0.4, 0.5) is 0 Å². The lowest BCUT2D eigenvalue weighted by molar-refractivity contribution is 0.279. The molecule has 3 rings (SSSR count). The first kappa shape index (κ1) is 6.44. The van der Waals surface area contributed by atoms with Crippen LogP contribution in [-0.4, -0.2) is 37.1 Å². The molecule has 2 aliphatic carbocycles. The quantitative estimate of drug-likeness (QED) is 0.612. The zero-order chi connectivity index (χ0) is 7.42. The van der Waals surface area contributed by atoms with Crippen molar-refractivity contribution in [3.05, 3.63) is 0 Å². The Balaban J connectivity index is 1.64. The predicted molar refractivity (Wildman–Crippen MR) is 44.4 cm³/mol. The lowest BCUT2D eigenvalue weighted by Crippen LogP contribution is -2.31. The van der Waals surface area contributed by atoms with Crippen molar-refractivity contribution in [1.29, 1.82) is 0 Å². The largest absolute Gasteiger partial charge is 0.316 e. The van der Waals surface area contributed by atoms with Crippen LogP contribution < -0.4 is 5.32 Å². The van der Waals surface area contributed by atoms with Crippen LogP contribution >= 0.6 is 0 Å². The molecule has 2 unspecified atom stereocenters. The third-order valence-electron chi connectivity index (χ3n) is 3.64. The van der Waals surface area contributed by atoms with Crippen molar-refractivity contribution in [1.82, 2.24) is 10.2 Å². The first-order valence-electron chi connectivity index (χ1n) is 4.80. The lowest BCUT2D eigenvalue weighted by atomic mass is 10.4. The summed E-state index contributed by atoms with van der Waals surface area (Å²) in [5.74, 6) is 2.03. The number of nitrogens with one attached hydrogen (secondary N) is 1. The Bertz CT molecular complexity index is 166. The molecule has 3 fully saturated rings. The first-order chi connectivity index (χ1) is 5.38. The molecule has 1 aliphatic heterocycles. The van der Waals surface area contributed by atoms with E-state index < -0.39 is 0 Å². The number of hydrogen-bond acceptors (Lipinski definition) is 2. The molecule has 0 bridgehead atoms. The summed E-state index contributed by atoms with van der Waals surface area (Å²) < 4.78 is 0. The molecular formula is C9H16N2. The van der Waals surface area contributed by atoms with Gasteiger partial charge < -0.3 is 5.32 Å². The number of rotatable bonds is 2. The maximum atomic E-state index is 3.44. The predicted octanol–water partition coefficient (Wildman–Crippen LogP) is 0.298. The molecule has 0 aromatic carbocycles. The lowest BCUT2D eigenvalue weighted by Gasteiger charge is -2.17. The maximum absolute atomic E-state index is 3.44. The minimum atomic E-state index is 0.962. The van der Waals surface area contributed by atoms with Crippen molar-refractivity contribution in [3.8, 4) is 0 Å². The minimum absolute atomic E-state index is 0.962. The highest BCUT2D eigenvalue weighted by Crippen LogP contribution is 2.48. The zero-order valence-corrected chi connectivity index (χ0v) is 7.09. The second-order valence-electron chi connectivity index (χ2n) is 4.37. The molecule has 2 heteroatoms. The normalized spacial score (nSPS) is 48.0. The van der Waals surface area contributed by atoms with Gasteiger partial charge in [-0.05, 0) is 44.8 Å². The fourth-order valence-corrected chi connectivity index (χ4v) is 2.71. The van der Waals surface area contributed by atoms with E-state index in [0.29, 0.717) is 0 Å². The molecule has 2 atom stereocenters. The molecular weight excluding hydrogens is 136 g/mol. The average molecular weight is 152 g/mol. The Morgan fingerprint density at radius 1 is 1.18 bits per heavy atom. The Kier molecular flexibility index (Phi) is 1.16. The van der Waals surface area contributed by atoms with E-state index in [4.69, 9.17) is 0 Å². The number of piperidine rings is 1. The van der Waals surface area contributed by atoms with Gasteiger partial charge in [-0.2, -0.15) is 0 Å². The van der Waals surface area contributed by atoms with E-state index in [2.05, 4.69) is 17.3 Å². The molecule has 0 amide bonds. The van der Waals surface area contributed by atoms with Gasteiger partial charge in [-0.3, -0.25) is 4.90 Å². The first-order valence-corrected chi connectivity index (χ1v) is 4.80. The monoisotopic (exact) mass is 152 g/mol. The molecule has 62 valence electrons. The highest BCUT2D eigenvalue weighted by atomic mass is 15.2. The molecule has 2 saturated carbocycles. The summed E-state index contributed by atoms with van der Waals surface area (Å²) in [5, 5.41) is 3.44. The highest BCUT2D eigenvalue weighted by molar-refractivity contribution is 5.11. The van der Waals surface area contributed by atoms with Crippen molar-refractivity contribution in [3.63, 3.8) is 0 Å². The van der Waals surface area contributed by atoms with E-state index in [-0.39, 0.29) is 0 Å². The van der Waals surface area contributed by atoms with Crippen molar-refractivity contribution in [2.75, 3.05) is 20.1 Å². The fraction of sp³-hybridized carbons (Fsp3) is 1.00. The smallest absolute Gasteiger partial charge is 0.0183 e. The summed E-state index contributed by atoms with van der Waals surface area (Å²) in [6, 6.07) is 1.93. The maximum Gasteiger partial charge on any atom is 0.0183 e. The molecule has 11 heavy (non-hydrogen) atoms. The second-order valence-corrected chi connectivity index (χ2v) is 4.37. The van der Waals surface area contributed by atoms with Crippen LogP contribution in [0.15, 0.2) is 0 Å². The van der Waals surface area contributed by atoms with Crippen LogP contribution in [0.3, 0.4) is 0 Å². The average Bonchev–Trinajstić information content (AvgIpc) is 2.91.